The number of amides is 1. The first-order valence-corrected chi connectivity index (χ1v) is 9.90. The topological polar surface area (TPSA) is 84.0 Å². The minimum Gasteiger partial charge on any atom is -0.345 e. The standard InChI is InChI=1S/C22H22F3N3O3/c1-3-6-16(13-7-5-8-15(11-13)22(23,24)25)26-19(29)14-9-10-18-17(12-14)27-20(30)21(31)28(18)4-2/h5,7-12,16H,3-4,6H2,1-2H3,(H,26,29)(H,27,30). The Balaban J connectivity index is 1.94. The summed E-state index contributed by atoms with van der Waals surface area (Å²) in [6.45, 7) is 3.89. The van der Waals surface area contributed by atoms with Crippen LogP contribution in [0.25, 0.3) is 11.0 Å². The number of fused-ring (bicyclic) bond motifs is 1. The van der Waals surface area contributed by atoms with Crippen LogP contribution in [0.1, 0.15) is 54.2 Å². The Kier molecular flexibility index (Phi) is 6.33. The molecule has 31 heavy (non-hydrogen) atoms. The number of benzene rings is 2. The largest absolute Gasteiger partial charge is 0.416 e. The Morgan fingerprint density at radius 3 is 2.52 bits per heavy atom. The van der Waals surface area contributed by atoms with Gasteiger partial charge in [0, 0.05) is 12.1 Å². The van der Waals surface area contributed by atoms with Gasteiger partial charge in [0.2, 0.25) is 0 Å². The molecule has 0 spiro atoms. The fourth-order valence-corrected chi connectivity index (χ4v) is 3.52. The second-order valence-corrected chi connectivity index (χ2v) is 7.17. The van der Waals surface area contributed by atoms with Crippen LogP contribution < -0.4 is 16.4 Å². The maximum absolute atomic E-state index is 13.1. The number of alkyl halides is 3. The van der Waals surface area contributed by atoms with E-state index in [9.17, 15) is 27.6 Å². The number of nitrogens with zero attached hydrogens (tertiary/aromatic N) is 1. The molecular weight excluding hydrogens is 411 g/mol. The summed E-state index contributed by atoms with van der Waals surface area (Å²) in [5, 5.41) is 2.78. The minimum atomic E-state index is -4.48. The van der Waals surface area contributed by atoms with Crippen LogP contribution in [0.3, 0.4) is 0 Å². The number of H-pyrrole nitrogens is 1. The molecule has 164 valence electrons. The molecule has 1 aromatic heterocycles. The summed E-state index contributed by atoms with van der Waals surface area (Å²) in [6.07, 6.45) is -3.38. The van der Waals surface area contributed by atoms with Crippen LogP contribution in [-0.2, 0) is 12.7 Å². The molecule has 1 amide bonds. The summed E-state index contributed by atoms with van der Waals surface area (Å²) in [5.74, 6) is -0.493. The summed E-state index contributed by atoms with van der Waals surface area (Å²) in [5.41, 5.74) is -0.867. The molecule has 1 atom stereocenters. The fraction of sp³-hybridized carbons (Fsp3) is 0.318. The zero-order valence-electron chi connectivity index (χ0n) is 17.0. The lowest BCUT2D eigenvalue weighted by atomic mass is 9.99. The highest BCUT2D eigenvalue weighted by Gasteiger charge is 2.31. The molecule has 1 unspecified atom stereocenters. The van der Waals surface area contributed by atoms with E-state index in [0.29, 0.717) is 36.0 Å². The van der Waals surface area contributed by atoms with E-state index in [-0.39, 0.29) is 5.56 Å². The highest BCUT2D eigenvalue weighted by Crippen LogP contribution is 2.31. The number of hydrogen-bond donors (Lipinski definition) is 2. The Hall–Kier alpha value is -3.36. The van der Waals surface area contributed by atoms with Gasteiger partial charge in [0.1, 0.15) is 0 Å². The smallest absolute Gasteiger partial charge is 0.345 e. The average molecular weight is 433 g/mol. The molecule has 0 radical (unpaired) electrons. The fourth-order valence-electron chi connectivity index (χ4n) is 3.52. The number of rotatable bonds is 6. The molecule has 0 bridgehead atoms. The van der Waals surface area contributed by atoms with Crippen molar-refractivity contribution in [3.63, 3.8) is 0 Å². The first-order valence-electron chi connectivity index (χ1n) is 9.90. The van der Waals surface area contributed by atoms with E-state index in [4.69, 9.17) is 0 Å². The van der Waals surface area contributed by atoms with Gasteiger partial charge in [-0.3, -0.25) is 14.4 Å². The first-order chi connectivity index (χ1) is 14.7. The lowest BCUT2D eigenvalue weighted by molar-refractivity contribution is -0.137. The van der Waals surface area contributed by atoms with Crippen LogP contribution in [0, 0.1) is 0 Å². The number of hydrogen-bond acceptors (Lipinski definition) is 3. The molecule has 0 aliphatic carbocycles. The third kappa shape index (κ3) is 4.70. The van der Waals surface area contributed by atoms with Crippen molar-refractivity contribution in [2.75, 3.05) is 0 Å². The van der Waals surface area contributed by atoms with Gasteiger partial charge in [-0.2, -0.15) is 13.2 Å². The summed E-state index contributed by atoms with van der Waals surface area (Å²) >= 11 is 0. The average Bonchev–Trinajstić information content (AvgIpc) is 2.73. The van der Waals surface area contributed by atoms with Crippen LogP contribution in [0.15, 0.2) is 52.1 Å². The molecule has 0 aliphatic heterocycles. The van der Waals surface area contributed by atoms with Gasteiger partial charge in [-0.05, 0) is 49.2 Å². The van der Waals surface area contributed by atoms with Gasteiger partial charge in [0.25, 0.3) is 5.91 Å². The molecule has 3 rings (SSSR count). The van der Waals surface area contributed by atoms with Crippen molar-refractivity contribution in [2.24, 2.45) is 0 Å². The van der Waals surface area contributed by atoms with Crippen LogP contribution in [-0.4, -0.2) is 15.5 Å². The third-order valence-electron chi connectivity index (χ3n) is 5.05. The Morgan fingerprint density at radius 2 is 1.87 bits per heavy atom. The van der Waals surface area contributed by atoms with E-state index in [1.165, 1.54) is 22.8 Å². The van der Waals surface area contributed by atoms with Crippen molar-refractivity contribution in [1.82, 2.24) is 14.9 Å². The Labute approximate surface area is 175 Å². The summed E-state index contributed by atoms with van der Waals surface area (Å²) in [7, 11) is 0. The molecule has 6 nitrogen and oxygen atoms in total. The number of carbonyl (C=O) groups excluding carboxylic acids is 1. The molecule has 0 fully saturated rings. The van der Waals surface area contributed by atoms with Crippen molar-refractivity contribution in [1.29, 1.82) is 0 Å². The van der Waals surface area contributed by atoms with Crippen molar-refractivity contribution in [3.8, 4) is 0 Å². The quantitative estimate of drug-likeness (QED) is 0.577. The van der Waals surface area contributed by atoms with Gasteiger partial charge < -0.3 is 14.9 Å². The van der Waals surface area contributed by atoms with E-state index < -0.39 is 34.8 Å². The van der Waals surface area contributed by atoms with E-state index in [1.54, 1.807) is 19.1 Å². The highest BCUT2D eigenvalue weighted by molar-refractivity contribution is 5.97. The van der Waals surface area contributed by atoms with E-state index in [0.717, 1.165) is 12.1 Å². The van der Waals surface area contributed by atoms with Crippen LogP contribution in [0.5, 0.6) is 0 Å². The molecule has 0 saturated carbocycles. The van der Waals surface area contributed by atoms with Crippen LogP contribution in [0.2, 0.25) is 0 Å². The number of nitrogens with one attached hydrogen (secondary N) is 2. The normalized spacial score (nSPS) is 12.7. The summed E-state index contributed by atoms with van der Waals surface area (Å²) < 4.78 is 40.5. The number of halogens is 3. The second-order valence-electron chi connectivity index (χ2n) is 7.17. The highest BCUT2D eigenvalue weighted by atomic mass is 19.4. The number of carbonyl (C=O) groups is 1. The van der Waals surface area contributed by atoms with Gasteiger partial charge in [-0.25, -0.2) is 0 Å². The van der Waals surface area contributed by atoms with Gasteiger partial charge in [-0.1, -0.05) is 25.5 Å². The molecule has 9 heteroatoms. The van der Waals surface area contributed by atoms with Crippen LogP contribution >= 0.6 is 0 Å². The van der Waals surface area contributed by atoms with Crippen molar-refractivity contribution in [3.05, 3.63) is 79.9 Å². The summed E-state index contributed by atoms with van der Waals surface area (Å²) in [4.78, 5) is 39.1. The monoisotopic (exact) mass is 433 g/mol. The lowest BCUT2D eigenvalue weighted by Crippen LogP contribution is -2.36. The number of aromatic amines is 1. The maximum Gasteiger partial charge on any atom is 0.416 e. The Bertz CT molecular complexity index is 1230. The molecule has 0 aliphatic rings. The van der Waals surface area contributed by atoms with Gasteiger partial charge in [0.15, 0.2) is 0 Å². The molecule has 2 N–H and O–H groups in total. The second kappa shape index (κ2) is 8.79. The number of aryl methyl sites for hydroxylation is 1. The van der Waals surface area contributed by atoms with E-state index in [1.807, 2.05) is 6.92 Å². The molecule has 2 aromatic carbocycles. The van der Waals surface area contributed by atoms with Crippen molar-refractivity contribution in [2.45, 2.75) is 45.5 Å². The molecule has 1 heterocycles. The van der Waals surface area contributed by atoms with Gasteiger partial charge in [-0.15, -0.1) is 0 Å². The van der Waals surface area contributed by atoms with Crippen molar-refractivity contribution >= 4 is 16.9 Å². The SMILES string of the molecule is CCCC(NC(=O)c1ccc2c(c1)[nH]c(=O)c(=O)n2CC)c1cccc(C(F)(F)F)c1. The van der Waals surface area contributed by atoms with Gasteiger partial charge >= 0.3 is 17.3 Å². The molecular formula is C22H22F3N3O3. The maximum atomic E-state index is 13.1. The van der Waals surface area contributed by atoms with Gasteiger partial charge in [0.05, 0.1) is 22.6 Å². The Morgan fingerprint density at radius 1 is 1.13 bits per heavy atom. The van der Waals surface area contributed by atoms with Crippen LogP contribution in [0.4, 0.5) is 13.2 Å². The minimum absolute atomic E-state index is 0.220. The summed E-state index contributed by atoms with van der Waals surface area (Å²) in [6, 6.07) is 8.80. The number of aromatic nitrogens is 2. The zero-order valence-corrected chi connectivity index (χ0v) is 17.0. The lowest BCUT2D eigenvalue weighted by Gasteiger charge is -2.20. The predicted molar refractivity (Wildman–Crippen MR) is 111 cm³/mol. The molecule has 3 aromatic rings. The third-order valence-corrected chi connectivity index (χ3v) is 5.05. The van der Waals surface area contributed by atoms with Crippen molar-refractivity contribution < 1.29 is 18.0 Å². The first kappa shape index (κ1) is 22.3. The van der Waals surface area contributed by atoms with E-state index in [2.05, 4.69) is 10.3 Å². The molecule has 0 saturated heterocycles. The zero-order chi connectivity index (χ0) is 22.8. The predicted octanol–water partition coefficient (Wildman–Crippen LogP) is 4.00. The van der Waals surface area contributed by atoms with E-state index >= 15 is 0 Å².